The lowest BCUT2D eigenvalue weighted by Crippen LogP contribution is -2.06. The summed E-state index contributed by atoms with van der Waals surface area (Å²) in [5, 5.41) is 22.8. The minimum absolute atomic E-state index is 0.131. The summed E-state index contributed by atoms with van der Waals surface area (Å²) in [7, 11) is 0. The first-order chi connectivity index (χ1) is 9.13. The smallest absolute Gasteiger partial charge is 0.339 e. The van der Waals surface area contributed by atoms with Crippen LogP contribution in [0.2, 0.25) is 0 Å². The van der Waals surface area contributed by atoms with Crippen molar-refractivity contribution in [1.82, 2.24) is 9.78 Å². The maximum absolute atomic E-state index is 11.2. The van der Waals surface area contributed by atoms with Crippen molar-refractivity contribution >= 4 is 5.97 Å². The quantitative estimate of drug-likeness (QED) is 0.866. The minimum Gasteiger partial charge on any atom is -0.508 e. The maximum atomic E-state index is 11.2. The lowest BCUT2D eigenvalue weighted by Gasteiger charge is -2.08. The molecular formula is C14H16N2O3. The zero-order valence-corrected chi connectivity index (χ0v) is 10.7. The predicted octanol–water partition coefficient (Wildman–Crippen LogP) is 2.62. The van der Waals surface area contributed by atoms with E-state index in [9.17, 15) is 15.0 Å². The van der Waals surface area contributed by atoms with Crippen molar-refractivity contribution in [2.45, 2.75) is 26.2 Å². The van der Waals surface area contributed by atoms with Gasteiger partial charge in [0, 0.05) is 6.07 Å². The molecule has 0 saturated heterocycles. The molecular weight excluding hydrogens is 244 g/mol. The number of carboxylic acids is 1. The molecule has 0 bridgehead atoms. The second-order valence-corrected chi connectivity index (χ2v) is 4.35. The van der Waals surface area contributed by atoms with Gasteiger partial charge in [-0.3, -0.25) is 0 Å². The minimum atomic E-state index is -0.975. The molecule has 0 spiro atoms. The molecule has 0 radical (unpaired) electrons. The Morgan fingerprint density at radius 3 is 2.84 bits per heavy atom. The lowest BCUT2D eigenvalue weighted by molar-refractivity contribution is 0.0695. The van der Waals surface area contributed by atoms with Crippen LogP contribution in [0.1, 0.15) is 35.8 Å². The van der Waals surface area contributed by atoms with Crippen molar-refractivity contribution < 1.29 is 15.0 Å². The van der Waals surface area contributed by atoms with Crippen LogP contribution in [-0.4, -0.2) is 26.0 Å². The van der Waals surface area contributed by atoms with E-state index in [0.29, 0.717) is 17.8 Å². The fourth-order valence-electron chi connectivity index (χ4n) is 1.98. The first kappa shape index (κ1) is 13.1. The molecule has 5 heteroatoms. The average molecular weight is 260 g/mol. The lowest BCUT2D eigenvalue weighted by atomic mass is 10.1. The van der Waals surface area contributed by atoms with E-state index in [0.717, 1.165) is 12.8 Å². The Morgan fingerprint density at radius 2 is 2.21 bits per heavy atom. The van der Waals surface area contributed by atoms with E-state index in [2.05, 4.69) is 12.0 Å². The number of carbonyl (C=O) groups is 1. The summed E-state index contributed by atoms with van der Waals surface area (Å²) in [5.74, 6) is -0.844. The number of benzene rings is 1. The van der Waals surface area contributed by atoms with Crippen LogP contribution in [0.4, 0.5) is 0 Å². The zero-order chi connectivity index (χ0) is 13.8. The van der Waals surface area contributed by atoms with Crippen LogP contribution >= 0.6 is 0 Å². The normalized spacial score (nSPS) is 10.6. The number of aromatic nitrogens is 2. The van der Waals surface area contributed by atoms with Crippen LogP contribution in [0.5, 0.6) is 5.75 Å². The van der Waals surface area contributed by atoms with E-state index in [1.165, 1.54) is 6.20 Å². The molecule has 19 heavy (non-hydrogen) atoms. The summed E-state index contributed by atoms with van der Waals surface area (Å²) in [6, 6.07) is 6.62. The number of nitrogens with zero attached hydrogens (tertiary/aromatic N) is 2. The van der Waals surface area contributed by atoms with Crippen LogP contribution in [-0.2, 0) is 6.42 Å². The molecule has 0 unspecified atom stereocenters. The van der Waals surface area contributed by atoms with Crippen molar-refractivity contribution in [1.29, 1.82) is 0 Å². The van der Waals surface area contributed by atoms with Gasteiger partial charge in [-0.1, -0.05) is 19.4 Å². The number of unbranched alkanes of at least 4 members (excludes halogenated alkanes) is 1. The number of aromatic carboxylic acids is 1. The molecule has 2 aromatic rings. The van der Waals surface area contributed by atoms with Gasteiger partial charge in [0.2, 0.25) is 0 Å². The monoisotopic (exact) mass is 260 g/mol. The van der Waals surface area contributed by atoms with E-state index in [4.69, 9.17) is 0 Å². The predicted molar refractivity (Wildman–Crippen MR) is 70.8 cm³/mol. The Hall–Kier alpha value is -2.30. The summed E-state index contributed by atoms with van der Waals surface area (Å²) < 4.78 is 1.58. The Morgan fingerprint density at radius 1 is 1.42 bits per heavy atom. The van der Waals surface area contributed by atoms with Gasteiger partial charge in [-0.05, 0) is 25.0 Å². The third-order valence-corrected chi connectivity index (χ3v) is 2.94. The number of hydrogen-bond donors (Lipinski definition) is 2. The first-order valence-corrected chi connectivity index (χ1v) is 6.23. The molecule has 0 aliphatic rings. The van der Waals surface area contributed by atoms with Gasteiger partial charge in [0.25, 0.3) is 0 Å². The standard InChI is InChI=1S/C14H16N2O3/c1-2-3-7-13-12(14(18)19)9-15-16(13)10-5-4-6-11(17)8-10/h4-6,8-9,17H,2-3,7H2,1H3,(H,18,19). The first-order valence-electron chi connectivity index (χ1n) is 6.23. The van der Waals surface area contributed by atoms with Crippen LogP contribution in [0, 0.1) is 0 Å². The van der Waals surface area contributed by atoms with Crippen molar-refractivity contribution in [2.75, 3.05) is 0 Å². The SMILES string of the molecule is CCCCc1c(C(=O)O)cnn1-c1cccc(O)c1. The number of rotatable bonds is 5. The Bertz CT molecular complexity index is 590. The molecule has 1 aromatic carbocycles. The molecule has 0 atom stereocenters. The number of carboxylic acid groups (broad SMARTS) is 1. The van der Waals surface area contributed by atoms with Gasteiger partial charge in [0.05, 0.1) is 17.6 Å². The molecule has 2 N–H and O–H groups in total. The summed E-state index contributed by atoms with van der Waals surface area (Å²) in [5.41, 5.74) is 1.55. The molecule has 0 saturated carbocycles. The number of phenolic OH excluding ortho intramolecular Hbond substituents is 1. The van der Waals surface area contributed by atoms with Gasteiger partial charge in [-0.15, -0.1) is 0 Å². The van der Waals surface area contributed by atoms with E-state index < -0.39 is 5.97 Å². The topological polar surface area (TPSA) is 75.3 Å². The van der Waals surface area contributed by atoms with E-state index in [1.807, 2.05) is 0 Å². The maximum Gasteiger partial charge on any atom is 0.339 e. The second-order valence-electron chi connectivity index (χ2n) is 4.35. The van der Waals surface area contributed by atoms with Gasteiger partial charge >= 0.3 is 5.97 Å². The van der Waals surface area contributed by atoms with Gasteiger partial charge < -0.3 is 10.2 Å². The Labute approximate surface area is 111 Å². The van der Waals surface area contributed by atoms with Crippen molar-refractivity contribution in [3.8, 4) is 11.4 Å². The Balaban J connectivity index is 2.47. The van der Waals surface area contributed by atoms with Gasteiger partial charge in [0.1, 0.15) is 11.3 Å². The summed E-state index contributed by atoms with van der Waals surface area (Å²) in [6.07, 6.45) is 3.88. The fourth-order valence-corrected chi connectivity index (χ4v) is 1.98. The Kier molecular flexibility index (Phi) is 3.85. The van der Waals surface area contributed by atoms with Gasteiger partial charge in [-0.2, -0.15) is 5.10 Å². The van der Waals surface area contributed by atoms with E-state index in [1.54, 1.807) is 28.9 Å². The largest absolute Gasteiger partial charge is 0.508 e. The highest BCUT2D eigenvalue weighted by molar-refractivity contribution is 5.88. The third-order valence-electron chi connectivity index (χ3n) is 2.94. The summed E-state index contributed by atoms with van der Waals surface area (Å²) in [6.45, 7) is 2.05. The molecule has 0 aliphatic carbocycles. The van der Waals surface area contributed by atoms with E-state index in [-0.39, 0.29) is 11.3 Å². The zero-order valence-electron chi connectivity index (χ0n) is 10.7. The molecule has 5 nitrogen and oxygen atoms in total. The van der Waals surface area contributed by atoms with Crippen LogP contribution in [0.15, 0.2) is 30.5 Å². The molecule has 2 rings (SSSR count). The highest BCUT2D eigenvalue weighted by atomic mass is 16.4. The molecule has 0 amide bonds. The molecule has 1 heterocycles. The van der Waals surface area contributed by atoms with Crippen molar-refractivity contribution in [2.24, 2.45) is 0 Å². The number of hydrogen-bond acceptors (Lipinski definition) is 3. The molecule has 0 aliphatic heterocycles. The van der Waals surface area contributed by atoms with Gasteiger partial charge in [0.15, 0.2) is 0 Å². The van der Waals surface area contributed by atoms with Gasteiger partial charge in [-0.25, -0.2) is 9.48 Å². The van der Waals surface area contributed by atoms with Crippen LogP contribution in [0.3, 0.4) is 0 Å². The highest BCUT2D eigenvalue weighted by Crippen LogP contribution is 2.20. The van der Waals surface area contributed by atoms with E-state index >= 15 is 0 Å². The molecule has 0 fully saturated rings. The fraction of sp³-hybridized carbons (Fsp3) is 0.286. The van der Waals surface area contributed by atoms with Crippen LogP contribution in [0.25, 0.3) is 5.69 Å². The number of phenols is 1. The molecule has 1 aromatic heterocycles. The van der Waals surface area contributed by atoms with Crippen molar-refractivity contribution in [3.05, 3.63) is 41.7 Å². The number of aromatic hydroxyl groups is 1. The summed E-state index contributed by atoms with van der Waals surface area (Å²) in [4.78, 5) is 11.2. The van der Waals surface area contributed by atoms with Crippen molar-refractivity contribution in [3.63, 3.8) is 0 Å². The molecule has 100 valence electrons. The average Bonchev–Trinajstić information content (AvgIpc) is 2.80. The summed E-state index contributed by atoms with van der Waals surface area (Å²) >= 11 is 0. The second kappa shape index (κ2) is 5.56. The van der Waals surface area contributed by atoms with Crippen LogP contribution < -0.4 is 0 Å². The highest BCUT2D eigenvalue weighted by Gasteiger charge is 2.17. The third kappa shape index (κ3) is 2.76.